The summed E-state index contributed by atoms with van der Waals surface area (Å²) in [6.07, 6.45) is 1.09. The monoisotopic (exact) mass is 295 g/mol. The molecule has 0 aliphatic heterocycles. The molecule has 1 rings (SSSR count). The average Bonchev–Trinajstić information content (AvgIpc) is 2.33. The van der Waals surface area contributed by atoms with Crippen molar-refractivity contribution in [2.45, 2.75) is 44.6 Å². The highest BCUT2D eigenvalue weighted by Gasteiger charge is 2.13. The van der Waals surface area contributed by atoms with Gasteiger partial charge in [-0.15, -0.1) is 11.8 Å². The third kappa shape index (κ3) is 6.10. The summed E-state index contributed by atoms with van der Waals surface area (Å²) in [6.45, 7) is 5.60. The Labute approximate surface area is 124 Å². The maximum absolute atomic E-state index is 11.5. The molecule has 4 nitrogen and oxygen atoms in total. The summed E-state index contributed by atoms with van der Waals surface area (Å²) < 4.78 is 0. The maximum atomic E-state index is 11.5. The topological polar surface area (TPSA) is 66.4 Å². The van der Waals surface area contributed by atoms with Crippen LogP contribution < -0.4 is 5.32 Å². The lowest BCUT2D eigenvalue weighted by molar-refractivity contribution is -0.141. The van der Waals surface area contributed by atoms with Crippen LogP contribution >= 0.6 is 11.8 Å². The van der Waals surface area contributed by atoms with E-state index in [1.54, 1.807) is 11.8 Å². The zero-order valence-electron chi connectivity index (χ0n) is 12.1. The van der Waals surface area contributed by atoms with Gasteiger partial charge in [-0.05, 0) is 56.2 Å². The Balaban J connectivity index is 2.28. The van der Waals surface area contributed by atoms with Gasteiger partial charge in [0.1, 0.15) is 6.04 Å². The minimum absolute atomic E-state index is 0.207. The van der Waals surface area contributed by atoms with Crippen LogP contribution in [0.1, 0.15) is 30.9 Å². The number of nitrogens with one attached hydrogen (secondary N) is 1. The molecular weight excluding hydrogens is 274 g/mol. The molecule has 1 unspecified atom stereocenters. The molecule has 1 aromatic rings. The van der Waals surface area contributed by atoms with Gasteiger partial charge in [-0.1, -0.05) is 6.07 Å². The highest BCUT2D eigenvalue weighted by molar-refractivity contribution is 7.99. The number of hydrogen-bond acceptors (Lipinski definition) is 3. The SMILES string of the molecule is Cc1cc(C)cc(SCCCC(=O)NC(C)C(=O)O)c1. The Morgan fingerprint density at radius 3 is 2.40 bits per heavy atom. The molecule has 0 saturated heterocycles. The van der Waals surface area contributed by atoms with Crippen molar-refractivity contribution in [1.29, 1.82) is 0 Å². The molecule has 0 bridgehead atoms. The van der Waals surface area contributed by atoms with E-state index in [2.05, 4.69) is 37.4 Å². The molecular formula is C15H21NO3S. The second-order valence-corrected chi connectivity index (χ2v) is 6.07. The van der Waals surface area contributed by atoms with Gasteiger partial charge in [-0.25, -0.2) is 0 Å². The fraction of sp³-hybridized carbons (Fsp3) is 0.467. The number of thioether (sulfide) groups is 1. The van der Waals surface area contributed by atoms with E-state index in [0.717, 1.165) is 12.2 Å². The minimum Gasteiger partial charge on any atom is -0.480 e. The second kappa shape index (κ2) is 7.94. The molecule has 110 valence electrons. The van der Waals surface area contributed by atoms with Gasteiger partial charge >= 0.3 is 5.97 Å². The highest BCUT2D eigenvalue weighted by atomic mass is 32.2. The van der Waals surface area contributed by atoms with Gasteiger partial charge in [0.05, 0.1) is 0 Å². The number of carbonyl (C=O) groups excluding carboxylic acids is 1. The predicted molar refractivity (Wildman–Crippen MR) is 81.1 cm³/mol. The molecule has 20 heavy (non-hydrogen) atoms. The standard InChI is InChI=1S/C15H21NO3S/c1-10-7-11(2)9-13(8-10)20-6-4-5-14(17)16-12(3)15(18)19/h7-9,12H,4-6H2,1-3H3,(H,16,17)(H,18,19). The fourth-order valence-corrected chi connectivity index (χ4v) is 2.88. The number of aliphatic carboxylic acids is 1. The van der Waals surface area contributed by atoms with E-state index in [-0.39, 0.29) is 5.91 Å². The lowest BCUT2D eigenvalue weighted by Gasteiger charge is -2.09. The van der Waals surface area contributed by atoms with Crippen LogP contribution in [0.15, 0.2) is 23.1 Å². The lowest BCUT2D eigenvalue weighted by atomic mass is 10.2. The van der Waals surface area contributed by atoms with Crippen molar-refractivity contribution in [3.05, 3.63) is 29.3 Å². The Kier molecular flexibility index (Phi) is 6.58. The zero-order valence-corrected chi connectivity index (χ0v) is 12.9. The Hall–Kier alpha value is -1.49. The van der Waals surface area contributed by atoms with Crippen LogP contribution in [0.3, 0.4) is 0 Å². The van der Waals surface area contributed by atoms with Crippen molar-refractivity contribution in [1.82, 2.24) is 5.32 Å². The van der Waals surface area contributed by atoms with Crippen molar-refractivity contribution in [2.75, 3.05) is 5.75 Å². The van der Waals surface area contributed by atoms with Crippen LogP contribution in [0.5, 0.6) is 0 Å². The molecule has 0 aliphatic carbocycles. The van der Waals surface area contributed by atoms with Crippen LogP contribution in [0.25, 0.3) is 0 Å². The second-order valence-electron chi connectivity index (χ2n) is 4.90. The van der Waals surface area contributed by atoms with E-state index in [0.29, 0.717) is 6.42 Å². The summed E-state index contributed by atoms with van der Waals surface area (Å²) in [5, 5.41) is 11.1. The molecule has 1 aromatic carbocycles. The van der Waals surface area contributed by atoms with Gasteiger partial charge in [0.15, 0.2) is 0 Å². The number of rotatable bonds is 7. The molecule has 0 aromatic heterocycles. The van der Waals surface area contributed by atoms with Gasteiger partial charge in [0.2, 0.25) is 5.91 Å². The molecule has 1 amide bonds. The summed E-state index contributed by atoms with van der Waals surface area (Å²) in [6, 6.07) is 5.56. The van der Waals surface area contributed by atoms with Gasteiger partial charge < -0.3 is 10.4 Å². The minimum atomic E-state index is -1.01. The molecule has 0 fully saturated rings. The number of aryl methyl sites for hydroxylation is 2. The van der Waals surface area contributed by atoms with Crippen molar-refractivity contribution in [3.63, 3.8) is 0 Å². The van der Waals surface area contributed by atoms with Crippen LogP contribution in [0, 0.1) is 13.8 Å². The molecule has 0 radical (unpaired) electrons. The fourth-order valence-electron chi connectivity index (χ4n) is 1.81. The highest BCUT2D eigenvalue weighted by Crippen LogP contribution is 2.22. The number of amides is 1. The first kappa shape index (κ1) is 16.6. The maximum Gasteiger partial charge on any atom is 0.325 e. The number of carbonyl (C=O) groups is 2. The third-order valence-corrected chi connectivity index (χ3v) is 3.82. The van der Waals surface area contributed by atoms with E-state index in [1.807, 2.05) is 0 Å². The number of hydrogen-bond donors (Lipinski definition) is 2. The Morgan fingerprint density at radius 2 is 1.85 bits per heavy atom. The number of benzene rings is 1. The first-order valence-corrected chi connectivity index (χ1v) is 7.60. The van der Waals surface area contributed by atoms with Gasteiger partial charge in [-0.3, -0.25) is 9.59 Å². The van der Waals surface area contributed by atoms with Crippen LogP contribution in [-0.4, -0.2) is 28.8 Å². The Bertz CT molecular complexity index is 468. The van der Waals surface area contributed by atoms with E-state index < -0.39 is 12.0 Å². The van der Waals surface area contributed by atoms with Gasteiger partial charge in [0.25, 0.3) is 0 Å². The van der Waals surface area contributed by atoms with Crippen molar-refractivity contribution in [3.8, 4) is 0 Å². The quantitative estimate of drug-likeness (QED) is 0.599. The van der Waals surface area contributed by atoms with Crippen molar-refractivity contribution in [2.24, 2.45) is 0 Å². The summed E-state index contributed by atoms with van der Waals surface area (Å²) in [5.41, 5.74) is 2.47. The van der Waals surface area contributed by atoms with Crippen molar-refractivity contribution < 1.29 is 14.7 Å². The first-order chi connectivity index (χ1) is 9.38. The average molecular weight is 295 g/mol. The van der Waals surface area contributed by atoms with E-state index in [4.69, 9.17) is 5.11 Å². The van der Waals surface area contributed by atoms with Gasteiger partial charge in [0, 0.05) is 11.3 Å². The van der Waals surface area contributed by atoms with E-state index >= 15 is 0 Å². The molecule has 5 heteroatoms. The third-order valence-electron chi connectivity index (χ3n) is 2.76. The van der Waals surface area contributed by atoms with Crippen LogP contribution in [0.4, 0.5) is 0 Å². The van der Waals surface area contributed by atoms with Crippen molar-refractivity contribution >= 4 is 23.6 Å². The van der Waals surface area contributed by atoms with E-state index in [1.165, 1.54) is 22.9 Å². The number of carboxylic acids is 1. The first-order valence-electron chi connectivity index (χ1n) is 6.61. The molecule has 0 saturated carbocycles. The normalized spacial score (nSPS) is 11.9. The van der Waals surface area contributed by atoms with Crippen LogP contribution in [-0.2, 0) is 9.59 Å². The summed E-state index contributed by atoms with van der Waals surface area (Å²) in [7, 11) is 0. The van der Waals surface area contributed by atoms with Gasteiger partial charge in [-0.2, -0.15) is 0 Å². The summed E-state index contributed by atoms with van der Waals surface area (Å²) in [5.74, 6) is -0.374. The summed E-state index contributed by atoms with van der Waals surface area (Å²) >= 11 is 1.72. The summed E-state index contributed by atoms with van der Waals surface area (Å²) in [4.78, 5) is 23.3. The zero-order chi connectivity index (χ0) is 15.1. The number of carboxylic acid groups (broad SMARTS) is 1. The lowest BCUT2D eigenvalue weighted by Crippen LogP contribution is -2.38. The van der Waals surface area contributed by atoms with E-state index in [9.17, 15) is 9.59 Å². The molecule has 0 spiro atoms. The largest absolute Gasteiger partial charge is 0.480 e. The molecule has 1 atom stereocenters. The molecule has 0 aliphatic rings. The molecule has 0 heterocycles. The van der Waals surface area contributed by atoms with Crippen LogP contribution in [0.2, 0.25) is 0 Å². The Morgan fingerprint density at radius 1 is 1.25 bits per heavy atom. The predicted octanol–water partition coefficient (Wildman–Crippen LogP) is 2.77. The molecule has 2 N–H and O–H groups in total. The smallest absolute Gasteiger partial charge is 0.325 e.